The number of carbonyl (C=O) groups is 1. The van der Waals surface area contributed by atoms with Crippen LogP contribution >= 0.6 is 12.4 Å². The molecule has 120 valence electrons. The van der Waals surface area contributed by atoms with Crippen LogP contribution in [0.25, 0.3) is 0 Å². The molecule has 7 heteroatoms. The van der Waals surface area contributed by atoms with Crippen molar-refractivity contribution in [3.63, 3.8) is 0 Å². The fraction of sp³-hybridized carbons (Fsp3) is 0.714. The molecule has 0 aromatic carbocycles. The third-order valence-corrected chi connectivity index (χ3v) is 3.76. The van der Waals surface area contributed by atoms with Crippen LogP contribution in [0.15, 0.2) is 10.6 Å². The second-order valence-corrected chi connectivity index (χ2v) is 5.44. The zero-order valence-electron chi connectivity index (χ0n) is 12.7. The van der Waals surface area contributed by atoms with Crippen molar-refractivity contribution in [1.29, 1.82) is 0 Å². The number of nitrogens with one attached hydrogen (secondary N) is 2. The van der Waals surface area contributed by atoms with E-state index in [0.29, 0.717) is 24.0 Å². The maximum atomic E-state index is 11.8. The van der Waals surface area contributed by atoms with Crippen LogP contribution in [0.4, 0.5) is 5.82 Å². The first-order valence-corrected chi connectivity index (χ1v) is 7.29. The molecule has 1 unspecified atom stereocenters. The van der Waals surface area contributed by atoms with Crippen LogP contribution in [0.2, 0.25) is 0 Å². The first-order chi connectivity index (χ1) is 9.65. The molecule has 2 N–H and O–H groups in total. The summed E-state index contributed by atoms with van der Waals surface area (Å²) < 4.78 is 4.92. The molecule has 1 saturated heterocycles. The van der Waals surface area contributed by atoms with Gasteiger partial charge in [0.05, 0.1) is 0 Å². The van der Waals surface area contributed by atoms with Crippen LogP contribution < -0.4 is 10.6 Å². The zero-order chi connectivity index (χ0) is 14.4. The highest BCUT2D eigenvalue weighted by atomic mass is 35.5. The highest BCUT2D eigenvalue weighted by molar-refractivity contribution is 5.89. The van der Waals surface area contributed by atoms with Gasteiger partial charge >= 0.3 is 0 Å². The largest absolute Gasteiger partial charge is 0.360 e. The van der Waals surface area contributed by atoms with E-state index in [1.165, 1.54) is 12.8 Å². The Morgan fingerprint density at radius 1 is 1.52 bits per heavy atom. The molecule has 0 spiro atoms. The molecule has 1 aromatic heterocycles. The third-order valence-electron chi connectivity index (χ3n) is 3.76. The van der Waals surface area contributed by atoms with Crippen LogP contribution in [0.3, 0.4) is 0 Å². The maximum Gasteiger partial charge on any atom is 0.226 e. The number of amides is 1. The molecule has 1 atom stereocenters. The number of hydrogen-bond donors (Lipinski definition) is 2. The molecule has 0 aliphatic carbocycles. The molecular weight excluding hydrogens is 292 g/mol. The average molecular weight is 317 g/mol. The van der Waals surface area contributed by atoms with Gasteiger partial charge in [-0.25, -0.2) is 0 Å². The molecule has 0 saturated carbocycles. The Bertz CT molecular complexity index is 430. The fourth-order valence-corrected chi connectivity index (χ4v) is 2.53. The number of anilines is 1. The molecule has 2 heterocycles. The van der Waals surface area contributed by atoms with Gasteiger partial charge in [-0.05, 0) is 46.3 Å². The quantitative estimate of drug-likeness (QED) is 0.867. The zero-order valence-corrected chi connectivity index (χ0v) is 13.5. The summed E-state index contributed by atoms with van der Waals surface area (Å²) in [7, 11) is 2.10. The van der Waals surface area contributed by atoms with Crippen LogP contribution in [0, 0.1) is 6.92 Å². The van der Waals surface area contributed by atoms with E-state index in [4.69, 9.17) is 4.52 Å². The number of aryl methyl sites for hydroxylation is 1. The van der Waals surface area contributed by atoms with Crippen molar-refractivity contribution >= 4 is 24.1 Å². The second-order valence-electron chi connectivity index (χ2n) is 5.44. The molecule has 21 heavy (non-hydrogen) atoms. The second kappa shape index (κ2) is 9.02. The van der Waals surface area contributed by atoms with Crippen molar-refractivity contribution in [2.45, 2.75) is 38.6 Å². The van der Waals surface area contributed by atoms with Crippen LogP contribution in [0.1, 0.15) is 31.4 Å². The molecule has 1 aliphatic heterocycles. The highest BCUT2D eigenvalue weighted by Gasteiger charge is 2.17. The minimum atomic E-state index is -0.0168. The highest BCUT2D eigenvalue weighted by Crippen LogP contribution is 2.12. The van der Waals surface area contributed by atoms with Gasteiger partial charge in [0.2, 0.25) is 5.91 Å². The van der Waals surface area contributed by atoms with Crippen molar-refractivity contribution in [3.05, 3.63) is 11.8 Å². The van der Waals surface area contributed by atoms with E-state index in [-0.39, 0.29) is 18.3 Å². The number of nitrogens with zero attached hydrogens (tertiary/aromatic N) is 2. The van der Waals surface area contributed by atoms with Gasteiger partial charge in [0, 0.05) is 25.1 Å². The molecule has 1 aromatic rings. The van der Waals surface area contributed by atoms with Gasteiger partial charge < -0.3 is 20.1 Å². The Balaban J connectivity index is 0.00000220. The van der Waals surface area contributed by atoms with E-state index in [1.54, 1.807) is 13.0 Å². The minimum Gasteiger partial charge on any atom is -0.360 e. The van der Waals surface area contributed by atoms with Crippen molar-refractivity contribution in [1.82, 2.24) is 15.4 Å². The average Bonchev–Trinajstić information content (AvgIpc) is 2.69. The summed E-state index contributed by atoms with van der Waals surface area (Å²) in [4.78, 5) is 14.1. The normalized spacial score (nSPS) is 18.9. The Hall–Kier alpha value is -1.11. The Morgan fingerprint density at radius 2 is 2.33 bits per heavy atom. The summed E-state index contributed by atoms with van der Waals surface area (Å²) in [5.74, 6) is 1.18. The molecular formula is C14H25ClN4O2. The number of halogens is 1. The predicted octanol–water partition coefficient (Wildman–Crippen LogP) is 1.81. The molecule has 6 nitrogen and oxygen atoms in total. The van der Waals surface area contributed by atoms with Crippen LogP contribution in [0.5, 0.6) is 0 Å². The van der Waals surface area contributed by atoms with Gasteiger partial charge in [0.1, 0.15) is 5.76 Å². The van der Waals surface area contributed by atoms with Gasteiger partial charge in [0.15, 0.2) is 5.82 Å². The number of hydrogen-bond acceptors (Lipinski definition) is 5. The predicted molar refractivity (Wildman–Crippen MR) is 84.9 cm³/mol. The number of rotatable bonds is 5. The summed E-state index contributed by atoms with van der Waals surface area (Å²) in [6, 6.07) is 2.30. The summed E-state index contributed by atoms with van der Waals surface area (Å²) >= 11 is 0. The van der Waals surface area contributed by atoms with E-state index in [2.05, 4.69) is 27.7 Å². The molecule has 0 bridgehead atoms. The Morgan fingerprint density at radius 3 is 3.05 bits per heavy atom. The van der Waals surface area contributed by atoms with Crippen molar-refractivity contribution < 1.29 is 9.32 Å². The number of carbonyl (C=O) groups excluding carboxylic acids is 1. The first kappa shape index (κ1) is 17.9. The summed E-state index contributed by atoms with van der Waals surface area (Å²) in [5, 5.41) is 9.91. The number of aromatic nitrogens is 1. The van der Waals surface area contributed by atoms with Gasteiger partial charge in [-0.15, -0.1) is 12.4 Å². The van der Waals surface area contributed by atoms with Gasteiger partial charge in [-0.2, -0.15) is 0 Å². The summed E-state index contributed by atoms with van der Waals surface area (Å²) in [5.41, 5.74) is 0. The van der Waals surface area contributed by atoms with Gasteiger partial charge in [-0.3, -0.25) is 4.79 Å². The van der Waals surface area contributed by atoms with E-state index in [1.807, 2.05) is 0 Å². The SMILES string of the molecule is Cc1cc(NC(=O)CCN(C)C2CCCNCC2)no1.Cl. The lowest BCUT2D eigenvalue weighted by Crippen LogP contribution is -2.34. The third kappa shape index (κ3) is 6.03. The van der Waals surface area contributed by atoms with E-state index in [0.717, 1.165) is 26.1 Å². The standard InChI is InChI=1S/C14H24N4O2.ClH/c1-11-10-13(17-20-11)16-14(19)6-9-18(2)12-4-3-7-15-8-5-12;/h10,12,15H,3-9H2,1-2H3,(H,16,17,19);1H. The van der Waals surface area contributed by atoms with Crippen LogP contribution in [-0.2, 0) is 4.79 Å². The lowest BCUT2D eigenvalue weighted by atomic mass is 10.1. The molecule has 1 fully saturated rings. The minimum absolute atomic E-state index is 0. The van der Waals surface area contributed by atoms with E-state index >= 15 is 0 Å². The Kier molecular flexibility index (Phi) is 7.71. The van der Waals surface area contributed by atoms with E-state index < -0.39 is 0 Å². The van der Waals surface area contributed by atoms with Crippen molar-refractivity contribution in [2.75, 3.05) is 32.0 Å². The van der Waals surface area contributed by atoms with Crippen LogP contribution in [-0.4, -0.2) is 48.7 Å². The maximum absolute atomic E-state index is 11.8. The van der Waals surface area contributed by atoms with Crippen molar-refractivity contribution in [2.24, 2.45) is 0 Å². The van der Waals surface area contributed by atoms with Gasteiger partial charge in [0.25, 0.3) is 0 Å². The fourth-order valence-electron chi connectivity index (χ4n) is 2.53. The molecule has 0 radical (unpaired) electrons. The Labute approximate surface area is 132 Å². The molecule has 2 rings (SSSR count). The summed E-state index contributed by atoms with van der Waals surface area (Å²) in [6.45, 7) is 4.75. The first-order valence-electron chi connectivity index (χ1n) is 7.29. The topological polar surface area (TPSA) is 70.4 Å². The van der Waals surface area contributed by atoms with Gasteiger partial charge in [-0.1, -0.05) is 5.16 Å². The monoisotopic (exact) mass is 316 g/mol. The smallest absolute Gasteiger partial charge is 0.226 e. The molecule has 1 aliphatic rings. The lowest BCUT2D eigenvalue weighted by Gasteiger charge is -2.26. The molecule has 1 amide bonds. The van der Waals surface area contributed by atoms with E-state index in [9.17, 15) is 4.79 Å². The summed E-state index contributed by atoms with van der Waals surface area (Å²) in [6.07, 6.45) is 4.04. The lowest BCUT2D eigenvalue weighted by molar-refractivity contribution is -0.116. The van der Waals surface area contributed by atoms with Crippen molar-refractivity contribution in [3.8, 4) is 0 Å².